The lowest BCUT2D eigenvalue weighted by atomic mass is 9.61. The van der Waals surface area contributed by atoms with E-state index >= 15 is 0 Å². The Kier molecular flexibility index (Phi) is 5.82. The molecule has 1 aliphatic heterocycles. The van der Waals surface area contributed by atoms with Gasteiger partial charge in [0, 0.05) is 17.0 Å². The third-order valence-corrected chi connectivity index (χ3v) is 6.67. The van der Waals surface area contributed by atoms with Crippen molar-refractivity contribution in [3.05, 3.63) is 23.0 Å². The molecular weight excluding hydrogens is 384 g/mol. The van der Waals surface area contributed by atoms with Crippen molar-refractivity contribution in [2.75, 3.05) is 11.1 Å². The van der Waals surface area contributed by atoms with Crippen LogP contribution in [-0.2, 0) is 9.59 Å². The molecular formula is C17H20N6O2S2. The molecule has 0 saturated heterocycles. The number of hydrogen-bond acceptors (Lipinski definition) is 8. The van der Waals surface area contributed by atoms with Gasteiger partial charge in [0.15, 0.2) is 5.13 Å². The number of anilines is 1. The van der Waals surface area contributed by atoms with Crippen LogP contribution < -0.4 is 16.8 Å². The molecule has 0 radical (unpaired) electrons. The van der Waals surface area contributed by atoms with Crippen molar-refractivity contribution in [2.45, 2.75) is 32.1 Å². The molecule has 2 heterocycles. The number of carbonyl (C=O) groups excluding carboxylic acids is 2. The summed E-state index contributed by atoms with van der Waals surface area (Å²) in [5, 5.41) is 15.0. The Hall–Kier alpha value is -2.38. The molecule has 2 amide bonds. The van der Waals surface area contributed by atoms with Gasteiger partial charge in [-0.3, -0.25) is 9.59 Å². The number of hydrogen-bond donors (Lipinski definition) is 3. The molecule has 0 aromatic carbocycles. The molecule has 142 valence electrons. The average Bonchev–Trinajstić information content (AvgIpc) is 3.13. The van der Waals surface area contributed by atoms with Gasteiger partial charge in [0.05, 0.1) is 28.4 Å². The highest BCUT2D eigenvalue weighted by Crippen LogP contribution is 2.52. The van der Waals surface area contributed by atoms with E-state index in [-0.39, 0.29) is 17.5 Å². The van der Waals surface area contributed by atoms with E-state index in [1.54, 1.807) is 11.6 Å². The number of nitriles is 1. The van der Waals surface area contributed by atoms with Gasteiger partial charge < -0.3 is 16.8 Å². The van der Waals surface area contributed by atoms with Gasteiger partial charge >= 0.3 is 0 Å². The summed E-state index contributed by atoms with van der Waals surface area (Å²) in [6, 6.07) is 2.16. The number of rotatable bonds is 4. The van der Waals surface area contributed by atoms with Gasteiger partial charge in [-0.2, -0.15) is 5.26 Å². The second kappa shape index (κ2) is 8.10. The third-order valence-electron chi connectivity index (χ3n) is 4.96. The minimum Gasteiger partial charge on any atom is -0.383 e. The molecule has 5 N–H and O–H groups in total. The van der Waals surface area contributed by atoms with Crippen LogP contribution in [0.4, 0.5) is 5.13 Å². The predicted molar refractivity (Wildman–Crippen MR) is 106 cm³/mol. The summed E-state index contributed by atoms with van der Waals surface area (Å²) in [4.78, 5) is 32.8. The highest BCUT2D eigenvalue weighted by atomic mass is 32.2. The van der Waals surface area contributed by atoms with Gasteiger partial charge in [-0.1, -0.05) is 31.0 Å². The molecule has 1 saturated carbocycles. The van der Waals surface area contributed by atoms with Crippen LogP contribution in [0.3, 0.4) is 0 Å². The summed E-state index contributed by atoms with van der Waals surface area (Å²) in [6.07, 6.45) is 5.75. The molecule has 2 aliphatic rings. The number of nitrogens with two attached hydrogens (primary N) is 2. The molecule has 1 spiro atoms. The molecule has 10 heteroatoms. The van der Waals surface area contributed by atoms with E-state index < -0.39 is 17.2 Å². The minimum absolute atomic E-state index is 0.0490. The SMILES string of the molecule is N#CC1=C(N)N=C(SCC(=O)Nc2nccs2)[C@H](C(N)=O)C12CCCCC2. The first-order chi connectivity index (χ1) is 13.0. The number of allylic oxidation sites excluding steroid dienone is 1. The van der Waals surface area contributed by atoms with Crippen LogP contribution >= 0.6 is 23.1 Å². The molecule has 27 heavy (non-hydrogen) atoms. The Morgan fingerprint density at radius 1 is 1.41 bits per heavy atom. The van der Waals surface area contributed by atoms with Crippen molar-refractivity contribution in [1.29, 1.82) is 5.26 Å². The normalized spacial score (nSPS) is 21.4. The lowest BCUT2D eigenvalue weighted by Gasteiger charge is -2.44. The minimum atomic E-state index is -0.739. The molecule has 0 bridgehead atoms. The van der Waals surface area contributed by atoms with Gasteiger partial charge in [-0.15, -0.1) is 11.3 Å². The second-order valence-corrected chi connectivity index (χ2v) is 8.44. The Labute approximate surface area is 165 Å². The molecule has 1 fully saturated rings. The number of thiazole rings is 1. The summed E-state index contributed by atoms with van der Waals surface area (Å²) < 4.78 is 0. The van der Waals surface area contributed by atoms with Crippen molar-refractivity contribution >= 4 is 45.1 Å². The maximum absolute atomic E-state index is 12.4. The van der Waals surface area contributed by atoms with E-state index in [4.69, 9.17) is 11.5 Å². The van der Waals surface area contributed by atoms with Gasteiger partial charge in [-0.05, 0) is 12.8 Å². The number of thioether (sulfide) groups is 1. The van der Waals surface area contributed by atoms with E-state index in [1.165, 1.54) is 11.3 Å². The molecule has 1 aromatic rings. The van der Waals surface area contributed by atoms with Crippen molar-refractivity contribution in [3.63, 3.8) is 0 Å². The first-order valence-electron chi connectivity index (χ1n) is 8.58. The van der Waals surface area contributed by atoms with Crippen molar-refractivity contribution in [2.24, 2.45) is 27.8 Å². The van der Waals surface area contributed by atoms with Crippen LogP contribution in [0.5, 0.6) is 0 Å². The Bertz CT molecular complexity index is 834. The fraction of sp³-hybridized carbons (Fsp3) is 0.471. The fourth-order valence-electron chi connectivity index (χ4n) is 3.85. The number of primary amides is 1. The molecule has 1 atom stereocenters. The van der Waals surface area contributed by atoms with Gasteiger partial charge in [0.1, 0.15) is 5.82 Å². The Morgan fingerprint density at radius 2 is 2.15 bits per heavy atom. The van der Waals surface area contributed by atoms with Crippen molar-refractivity contribution in [3.8, 4) is 6.07 Å². The largest absolute Gasteiger partial charge is 0.383 e. The number of amides is 2. The van der Waals surface area contributed by atoms with Gasteiger partial charge in [0.2, 0.25) is 11.8 Å². The zero-order chi connectivity index (χ0) is 19.4. The van der Waals surface area contributed by atoms with E-state index in [2.05, 4.69) is 21.4 Å². The first kappa shape index (κ1) is 19.4. The van der Waals surface area contributed by atoms with Crippen molar-refractivity contribution in [1.82, 2.24) is 4.98 Å². The summed E-state index contributed by atoms with van der Waals surface area (Å²) >= 11 is 2.46. The molecule has 0 unspecified atom stereocenters. The predicted octanol–water partition coefficient (Wildman–Crippen LogP) is 1.97. The van der Waals surface area contributed by atoms with E-state index in [0.717, 1.165) is 31.0 Å². The average molecular weight is 405 g/mol. The topological polar surface area (TPSA) is 147 Å². The van der Waals surface area contributed by atoms with Gasteiger partial charge in [-0.25, -0.2) is 9.98 Å². The monoisotopic (exact) mass is 404 g/mol. The molecule has 1 aliphatic carbocycles. The summed E-state index contributed by atoms with van der Waals surface area (Å²) in [6.45, 7) is 0. The highest BCUT2D eigenvalue weighted by molar-refractivity contribution is 8.14. The van der Waals surface area contributed by atoms with Crippen LogP contribution in [0, 0.1) is 22.7 Å². The Balaban J connectivity index is 1.84. The summed E-state index contributed by atoms with van der Waals surface area (Å²) in [5.74, 6) is -1.36. The van der Waals surface area contributed by atoms with Crippen LogP contribution in [0.15, 0.2) is 28.0 Å². The van der Waals surface area contributed by atoms with Gasteiger partial charge in [0.25, 0.3) is 0 Å². The first-order valence-corrected chi connectivity index (χ1v) is 10.4. The van der Waals surface area contributed by atoms with Crippen LogP contribution in [0.2, 0.25) is 0 Å². The Morgan fingerprint density at radius 3 is 2.74 bits per heavy atom. The van der Waals surface area contributed by atoms with Crippen LogP contribution in [-0.4, -0.2) is 27.6 Å². The standard InChI is InChI=1S/C17H20N6O2S2/c18-8-10-13(19)23-15(27-9-11(24)22-16-21-6-7-26-16)12(14(20)25)17(10)4-2-1-3-5-17/h6-7,12H,1-5,9,19H2,(H2,20,25)(H,21,22,24)/t12-/m0/s1. The molecule has 3 rings (SSSR count). The molecule has 1 aromatic heterocycles. The number of nitrogens with zero attached hydrogens (tertiary/aromatic N) is 3. The number of carbonyl (C=O) groups is 2. The maximum Gasteiger partial charge on any atom is 0.236 e. The van der Waals surface area contributed by atoms with E-state index in [0.29, 0.717) is 28.6 Å². The summed E-state index contributed by atoms with van der Waals surface area (Å²) in [7, 11) is 0. The smallest absolute Gasteiger partial charge is 0.236 e. The maximum atomic E-state index is 12.4. The quantitative estimate of drug-likeness (QED) is 0.699. The van der Waals surface area contributed by atoms with Crippen LogP contribution in [0.1, 0.15) is 32.1 Å². The fourth-order valence-corrected chi connectivity index (χ4v) is 5.42. The zero-order valence-corrected chi connectivity index (χ0v) is 16.2. The highest BCUT2D eigenvalue weighted by Gasteiger charge is 2.51. The van der Waals surface area contributed by atoms with Crippen LogP contribution in [0.25, 0.3) is 0 Å². The van der Waals surface area contributed by atoms with E-state index in [9.17, 15) is 14.9 Å². The zero-order valence-electron chi connectivity index (χ0n) is 14.6. The number of nitrogens with one attached hydrogen (secondary N) is 1. The number of aliphatic imine (C=N–C) groups is 1. The lowest BCUT2D eigenvalue weighted by molar-refractivity contribution is -0.123. The van der Waals surface area contributed by atoms with E-state index in [1.807, 2.05) is 0 Å². The summed E-state index contributed by atoms with van der Waals surface area (Å²) in [5.41, 5.74) is 11.4. The lowest BCUT2D eigenvalue weighted by Crippen LogP contribution is -2.48. The van der Waals surface area contributed by atoms with Crippen molar-refractivity contribution < 1.29 is 9.59 Å². The number of aromatic nitrogens is 1. The molecule has 8 nitrogen and oxygen atoms in total. The third kappa shape index (κ3) is 3.84. The second-order valence-electron chi connectivity index (χ2n) is 6.55.